The summed E-state index contributed by atoms with van der Waals surface area (Å²) in [5.41, 5.74) is 1.00. The van der Waals surface area contributed by atoms with E-state index in [9.17, 15) is 0 Å². The van der Waals surface area contributed by atoms with Crippen LogP contribution in [0, 0.1) is 6.07 Å². The molecule has 0 N–H and O–H groups in total. The summed E-state index contributed by atoms with van der Waals surface area (Å²) in [5, 5.41) is 0. The summed E-state index contributed by atoms with van der Waals surface area (Å²) in [6.45, 7) is 8.12. The van der Waals surface area contributed by atoms with Gasteiger partial charge in [-0.3, -0.25) is 0 Å². The molecule has 0 spiro atoms. The molecule has 2 aromatic rings. The second kappa shape index (κ2) is 9.57. The first-order chi connectivity index (χ1) is 11.6. The van der Waals surface area contributed by atoms with Crippen LogP contribution in [0.4, 0.5) is 0 Å². The van der Waals surface area contributed by atoms with Crippen LogP contribution in [0.2, 0.25) is 25.2 Å². The maximum Gasteiger partial charge on any atom is 0.159 e. The number of nitrogens with zero attached hydrogens (tertiary/aromatic N) is 2. The zero-order valence-corrected chi connectivity index (χ0v) is 16.2. The summed E-state index contributed by atoms with van der Waals surface area (Å²) in [7, 11) is -0.971. The van der Waals surface area contributed by atoms with Gasteiger partial charge >= 0.3 is 0 Å². The minimum atomic E-state index is -0.971. The molecule has 0 saturated heterocycles. The molecule has 4 heteroatoms. The van der Waals surface area contributed by atoms with Crippen LogP contribution < -0.4 is 4.74 Å². The molecule has 0 bridgehead atoms. The van der Waals surface area contributed by atoms with Crippen LogP contribution >= 0.6 is 0 Å². The lowest BCUT2D eigenvalue weighted by atomic mass is 10.2. The molecule has 1 aromatic heterocycles. The van der Waals surface area contributed by atoms with Crippen LogP contribution in [0.15, 0.2) is 36.7 Å². The van der Waals surface area contributed by atoms with Crippen molar-refractivity contribution in [3.63, 3.8) is 0 Å². The number of ether oxygens (including phenoxy) is 1. The Morgan fingerprint density at radius 1 is 0.958 bits per heavy atom. The predicted molar refractivity (Wildman–Crippen MR) is 103 cm³/mol. The van der Waals surface area contributed by atoms with Crippen molar-refractivity contribution < 1.29 is 4.74 Å². The summed E-state index contributed by atoms with van der Waals surface area (Å²) >= 11 is 0. The van der Waals surface area contributed by atoms with Gasteiger partial charge in [0, 0.05) is 32.1 Å². The smallest absolute Gasteiger partial charge is 0.159 e. The Kier molecular flexibility index (Phi) is 7.44. The first-order valence-corrected chi connectivity index (χ1v) is 12.4. The van der Waals surface area contributed by atoms with Crippen molar-refractivity contribution in [3.8, 4) is 17.1 Å². The first-order valence-electron chi connectivity index (χ1n) is 9.02. The van der Waals surface area contributed by atoms with E-state index in [1.165, 1.54) is 31.4 Å². The standard InChI is InChI=1S/C20H29N2OSi/c1-4-5-16-24(2,3)17-7-6-15-23-19-11-9-18(10-12-19)20-21-13-8-14-22-20/h9-14H,4-7,15-17H2,1-3H3. The molecule has 24 heavy (non-hydrogen) atoms. The number of benzene rings is 1. The third kappa shape index (κ3) is 6.44. The molecule has 0 aliphatic rings. The Labute approximate surface area is 147 Å². The highest BCUT2D eigenvalue weighted by molar-refractivity contribution is 6.77. The van der Waals surface area contributed by atoms with Gasteiger partial charge in [0.25, 0.3) is 0 Å². The molecule has 129 valence electrons. The van der Waals surface area contributed by atoms with E-state index in [0.29, 0.717) is 0 Å². The Hall–Kier alpha value is -1.68. The zero-order chi connectivity index (χ0) is 17.3. The Morgan fingerprint density at radius 2 is 1.62 bits per heavy atom. The Bertz CT molecular complexity index is 584. The lowest BCUT2D eigenvalue weighted by Gasteiger charge is -2.21. The summed E-state index contributed by atoms with van der Waals surface area (Å²) in [4.78, 5) is 8.41. The van der Waals surface area contributed by atoms with Crippen LogP contribution in [0.5, 0.6) is 5.75 Å². The first kappa shape index (κ1) is 18.7. The fraction of sp³-hybridized carbons (Fsp3) is 0.500. The van der Waals surface area contributed by atoms with Gasteiger partial charge in [0.2, 0.25) is 0 Å². The monoisotopic (exact) mass is 341 g/mol. The molecule has 1 radical (unpaired) electrons. The fourth-order valence-electron chi connectivity index (χ4n) is 2.79. The number of unbranched alkanes of at least 4 members (excludes halogenated alkanes) is 2. The van der Waals surface area contributed by atoms with Crippen LogP contribution in [0.3, 0.4) is 0 Å². The van der Waals surface area contributed by atoms with Crippen molar-refractivity contribution in [1.82, 2.24) is 9.97 Å². The highest BCUT2D eigenvalue weighted by Gasteiger charge is 2.18. The van der Waals surface area contributed by atoms with E-state index in [1.807, 2.05) is 24.3 Å². The van der Waals surface area contributed by atoms with Crippen molar-refractivity contribution in [1.29, 1.82) is 0 Å². The molecule has 0 saturated carbocycles. The molecule has 3 nitrogen and oxygen atoms in total. The van der Waals surface area contributed by atoms with Crippen molar-refractivity contribution in [2.24, 2.45) is 0 Å². The normalized spacial score (nSPS) is 11.5. The van der Waals surface area contributed by atoms with Gasteiger partial charge in [-0.2, -0.15) is 0 Å². The van der Waals surface area contributed by atoms with Gasteiger partial charge in [-0.1, -0.05) is 51.4 Å². The highest BCUT2D eigenvalue weighted by atomic mass is 28.3. The third-order valence-electron chi connectivity index (χ3n) is 4.36. The summed E-state index contributed by atoms with van der Waals surface area (Å²) < 4.78 is 5.86. The molecule has 0 aliphatic carbocycles. The summed E-state index contributed by atoms with van der Waals surface area (Å²) in [5.74, 6) is 1.64. The van der Waals surface area contributed by atoms with E-state index in [0.717, 1.165) is 30.2 Å². The second-order valence-electron chi connectivity index (χ2n) is 7.10. The molecular formula is C20H29N2OSi. The van der Waals surface area contributed by atoms with Gasteiger partial charge in [-0.15, -0.1) is 0 Å². The predicted octanol–water partition coefficient (Wildman–Crippen LogP) is 5.61. The van der Waals surface area contributed by atoms with E-state index in [-0.39, 0.29) is 0 Å². The fourth-order valence-corrected chi connectivity index (χ4v) is 5.56. The van der Waals surface area contributed by atoms with E-state index in [4.69, 9.17) is 4.74 Å². The van der Waals surface area contributed by atoms with E-state index in [1.54, 1.807) is 12.4 Å². The molecule has 0 atom stereocenters. The van der Waals surface area contributed by atoms with Gasteiger partial charge in [-0.05, 0) is 30.7 Å². The maximum atomic E-state index is 5.86. The van der Waals surface area contributed by atoms with Gasteiger partial charge in [0.15, 0.2) is 5.82 Å². The highest BCUT2D eigenvalue weighted by Crippen LogP contribution is 2.22. The van der Waals surface area contributed by atoms with Gasteiger partial charge < -0.3 is 4.74 Å². The molecule has 0 fully saturated rings. The van der Waals surface area contributed by atoms with Gasteiger partial charge in [0.05, 0.1) is 6.61 Å². The number of hydrogen-bond donors (Lipinski definition) is 0. The topological polar surface area (TPSA) is 35.0 Å². The van der Waals surface area contributed by atoms with E-state index in [2.05, 4.69) is 36.1 Å². The number of aromatic nitrogens is 2. The van der Waals surface area contributed by atoms with Crippen LogP contribution in [0.1, 0.15) is 32.6 Å². The number of hydrogen-bond acceptors (Lipinski definition) is 3. The Morgan fingerprint density at radius 3 is 2.29 bits per heavy atom. The van der Waals surface area contributed by atoms with Crippen molar-refractivity contribution in [2.45, 2.75) is 57.8 Å². The zero-order valence-electron chi connectivity index (χ0n) is 15.2. The van der Waals surface area contributed by atoms with Crippen molar-refractivity contribution >= 4 is 8.07 Å². The molecule has 1 aromatic carbocycles. The molecular weight excluding hydrogens is 312 g/mol. The second-order valence-corrected chi connectivity index (χ2v) is 12.4. The summed E-state index contributed by atoms with van der Waals surface area (Å²) in [6, 6.07) is 13.7. The van der Waals surface area contributed by atoms with E-state index >= 15 is 0 Å². The maximum absolute atomic E-state index is 5.86. The Balaban J connectivity index is 1.70. The minimum Gasteiger partial charge on any atom is -0.494 e. The van der Waals surface area contributed by atoms with Crippen LogP contribution in [-0.4, -0.2) is 24.6 Å². The van der Waals surface area contributed by atoms with Crippen LogP contribution in [-0.2, 0) is 0 Å². The molecule has 0 amide bonds. The van der Waals surface area contributed by atoms with Gasteiger partial charge in [0.1, 0.15) is 5.75 Å². The van der Waals surface area contributed by atoms with E-state index < -0.39 is 8.07 Å². The molecule has 0 unspecified atom stereocenters. The van der Waals surface area contributed by atoms with Crippen molar-refractivity contribution in [2.75, 3.05) is 6.61 Å². The average Bonchev–Trinajstić information content (AvgIpc) is 2.61. The summed E-state index contributed by atoms with van der Waals surface area (Å²) in [6.07, 6.45) is 8.42. The minimum absolute atomic E-state index is 0.722. The van der Waals surface area contributed by atoms with Gasteiger partial charge in [-0.25, -0.2) is 9.97 Å². The SMILES string of the molecule is CCCC[Si](C)(C)CCCCOc1ccc(-c2nc[c]cn2)cc1. The molecule has 2 rings (SSSR count). The quantitative estimate of drug-likeness (QED) is 0.416. The van der Waals surface area contributed by atoms with Crippen LogP contribution in [0.25, 0.3) is 11.4 Å². The third-order valence-corrected chi connectivity index (χ3v) is 7.77. The largest absolute Gasteiger partial charge is 0.494 e. The molecule has 0 aliphatic heterocycles. The molecule has 1 heterocycles. The number of rotatable bonds is 10. The lowest BCUT2D eigenvalue weighted by molar-refractivity contribution is 0.309. The van der Waals surface area contributed by atoms with Crippen molar-refractivity contribution in [3.05, 3.63) is 42.7 Å². The lowest BCUT2D eigenvalue weighted by Crippen LogP contribution is -2.24. The average molecular weight is 342 g/mol.